The molecule has 3 nitrogen and oxygen atoms in total. The van der Waals surface area contributed by atoms with E-state index in [1.54, 1.807) is 6.92 Å². The van der Waals surface area contributed by atoms with Crippen LogP contribution in [0.3, 0.4) is 0 Å². The summed E-state index contributed by atoms with van der Waals surface area (Å²) in [5, 5.41) is 2.55. The zero-order valence-electron chi connectivity index (χ0n) is 9.29. The summed E-state index contributed by atoms with van der Waals surface area (Å²) in [6, 6.07) is 0. The first-order valence-corrected chi connectivity index (χ1v) is 5.16. The van der Waals surface area contributed by atoms with Crippen molar-refractivity contribution in [3.8, 4) is 0 Å². The fourth-order valence-corrected chi connectivity index (χ4v) is 0.642. The van der Waals surface area contributed by atoms with Crippen molar-refractivity contribution < 1.29 is 6.22 Å². The van der Waals surface area contributed by atoms with E-state index in [0.29, 0.717) is 6.54 Å². The first-order valence-electron chi connectivity index (χ1n) is 4.64. The van der Waals surface area contributed by atoms with E-state index < -0.39 is 0 Å². The second-order valence-electron chi connectivity index (χ2n) is 2.77. The quantitative estimate of drug-likeness (QED) is 0.682. The molecule has 0 aliphatic rings. The molecule has 0 rings (SSSR count). The number of likely N-dealkylation sites (N-methyl/N-ethyl adjacent to an activating group) is 1. The van der Waals surface area contributed by atoms with E-state index in [1.807, 2.05) is 32.8 Å². The van der Waals surface area contributed by atoms with Crippen molar-refractivity contribution in [2.75, 3.05) is 27.2 Å². The van der Waals surface area contributed by atoms with E-state index in [-0.39, 0.29) is 12.6 Å². The summed E-state index contributed by atoms with van der Waals surface area (Å²) in [4.78, 5) is 12.9. The van der Waals surface area contributed by atoms with Crippen molar-refractivity contribution in [2.24, 2.45) is 0 Å². The predicted molar refractivity (Wildman–Crippen MR) is 63.5 cm³/mol. The SMILES string of the molecule is CC.CC(S)C(=O)NCCN(C)C.[HH]. The Hall–Kier alpha value is -0.220. The molecule has 0 aromatic heterocycles. The lowest BCUT2D eigenvalue weighted by Gasteiger charge is -2.11. The van der Waals surface area contributed by atoms with Gasteiger partial charge >= 0.3 is 0 Å². The van der Waals surface area contributed by atoms with Crippen molar-refractivity contribution in [1.29, 1.82) is 0 Å². The highest BCUT2D eigenvalue weighted by Gasteiger charge is 2.05. The van der Waals surface area contributed by atoms with Crippen LogP contribution in [0.2, 0.25) is 0 Å². The average molecular weight is 208 g/mol. The maximum atomic E-state index is 10.9. The summed E-state index contributed by atoms with van der Waals surface area (Å²) >= 11 is 3.99. The number of nitrogens with zero attached hydrogens (tertiary/aromatic N) is 1. The monoisotopic (exact) mass is 208 g/mol. The van der Waals surface area contributed by atoms with Crippen LogP contribution >= 0.6 is 12.6 Å². The molecule has 0 aromatic carbocycles. The third kappa shape index (κ3) is 11.8. The van der Waals surface area contributed by atoms with Crippen molar-refractivity contribution in [2.45, 2.75) is 26.0 Å². The molecule has 0 saturated heterocycles. The molecule has 82 valence electrons. The van der Waals surface area contributed by atoms with Gasteiger partial charge in [0.05, 0.1) is 5.25 Å². The largest absolute Gasteiger partial charge is 0.354 e. The Labute approximate surface area is 88.8 Å². The highest BCUT2D eigenvalue weighted by atomic mass is 32.1. The van der Waals surface area contributed by atoms with E-state index >= 15 is 0 Å². The number of carbonyl (C=O) groups excluding carboxylic acids is 1. The molecule has 0 bridgehead atoms. The third-order valence-corrected chi connectivity index (χ3v) is 1.47. The smallest absolute Gasteiger partial charge is 0.232 e. The zero-order valence-corrected chi connectivity index (χ0v) is 10.2. The number of thiol groups is 1. The summed E-state index contributed by atoms with van der Waals surface area (Å²) in [7, 11) is 3.94. The van der Waals surface area contributed by atoms with Crippen LogP contribution in [0.5, 0.6) is 0 Å². The number of carbonyl (C=O) groups is 1. The normalized spacial score (nSPS) is 11.6. The molecule has 1 atom stereocenters. The van der Waals surface area contributed by atoms with Crippen LogP contribution in [0.15, 0.2) is 0 Å². The van der Waals surface area contributed by atoms with Crippen LogP contribution < -0.4 is 5.32 Å². The minimum absolute atomic E-state index is 0. The molecule has 0 aliphatic heterocycles. The molecule has 0 radical (unpaired) electrons. The van der Waals surface area contributed by atoms with Crippen LogP contribution in [-0.4, -0.2) is 43.2 Å². The van der Waals surface area contributed by atoms with Gasteiger partial charge in [-0.3, -0.25) is 4.79 Å². The Balaban J connectivity index is -0.000000376. The van der Waals surface area contributed by atoms with E-state index in [4.69, 9.17) is 0 Å². The van der Waals surface area contributed by atoms with Gasteiger partial charge in [-0.25, -0.2) is 0 Å². The standard InChI is InChI=1S/C7H16N2OS.C2H6.H2/c1-6(11)7(10)8-4-5-9(2)3;1-2;/h6,11H,4-5H2,1-3H3,(H,8,10);1-2H3;1H. The Morgan fingerprint density at radius 2 is 2.00 bits per heavy atom. The Kier molecular flexibility index (Phi) is 11.6. The van der Waals surface area contributed by atoms with Crippen LogP contribution in [-0.2, 0) is 4.79 Å². The summed E-state index contributed by atoms with van der Waals surface area (Å²) < 4.78 is 0. The lowest BCUT2D eigenvalue weighted by molar-refractivity contribution is -0.120. The molecule has 1 N–H and O–H groups in total. The molecule has 0 fully saturated rings. The summed E-state index contributed by atoms with van der Waals surface area (Å²) in [5.74, 6) is -0.00446. The fraction of sp³-hybridized carbons (Fsp3) is 0.889. The lowest BCUT2D eigenvalue weighted by Crippen LogP contribution is -2.35. The van der Waals surface area contributed by atoms with Gasteiger partial charge in [0.1, 0.15) is 0 Å². The Bertz CT molecular complexity index is 132. The second-order valence-corrected chi connectivity index (χ2v) is 3.54. The van der Waals surface area contributed by atoms with Gasteiger partial charge in [-0.2, -0.15) is 12.6 Å². The van der Waals surface area contributed by atoms with Crippen LogP contribution in [0, 0.1) is 0 Å². The van der Waals surface area contributed by atoms with Crippen molar-refractivity contribution >= 4 is 18.5 Å². The number of amides is 1. The molecule has 1 amide bonds. The molecule has 1 unspecified atom stereocenters. The minimum Gasteiger partial charge on any atom is -0.354 e. The summed E-state index contributed by atoms with van der Waals surface area (Å²) in [6.07, 6.45) is 0. The molecule has 0 aliphatic carbocycles. The molecular weight excluding hydrogens is 184 g/mol. The number of hydrogen-bond acceptors (Lipinski definition) is 3. The summed E-state index contributed by atoms with van der Waals surface area (Å²) in [6.45, 7) is 7.32. The van der Waals surface area contributed by atoms with Gasteiger partial charge < -0.3 is 10.2 Å². The molecule has 13 heavy (non-hydrogen) atoms. The Morgan fingerprint density at radius 3 is 2.31 bits per heavy atom. The number of hydrogen-bond donors (Lipinski definition) is 2. The molecule has 0 spiro atoms. The number of rotatable bonds is 4. The molecule has 0 heterocycles. The molecule has 0 saturated carbocycles. The maximum absolute atomic E-state index is 10.9. The Morgan fingerprint density at radius 1 is 1.54 bits per heavy atom. The number of nitrogens with one attached hydrogen (secondary N) is 1. The van der Waals surface area contributed by atoms with E-state index in [1.165, 1.54) is 0 Å². The van der Waals surface area contributed by atoms with Gasteiger partial charge in [-0.1, -0.05) is 13.8 Å². The van der Waals surface area contributed by atoms with Crippen molar-refractivity contribution in [3.63, 3.8) is 0 Å². The molecular formula is C9H24N2OS. The van der Waals surface area contributed by atoms with Crippen molar-refractivity contribution in [1.82, 2.24) is 10.2 Å². The fourth-order valence-electron chi connectivity index (χ4n) is 0.550. The maximum Gasteiger partial charge on any atom is 0.232 e. The second kappa shape index (κ2) is 9.86. The average Bonchev–Trinajstić information content (AvgIpc) is 2.07. The zero-order chi connectivity index (χ0) is 10.9. The first-order chi connectivity index (χ1) is 6.04. The van der Waals surface area contributed by atoms with Crippen molar-refractivity contribution in [3.05, 3.63) is 0 Å². The topological polar surface area (TPSA) is 32.3 Å². The first kappa shape index (κ1) is 15.3. The van der Waals surface area contributed by atoms with Gasteiger partial charge in [-0.05, 0) is 21.0 Å². The lowest BCUT2D eigenvalue weighted by atomic mass is 10.4. The minimum atomic E-state index is -0.211. The van der Waals surface area contributed by atoms with Gasteiger partial charge in [0.25, 0.3) is 0 Å². The van der Waals surface area contributed by atoms with Gasteiger partial charge in [0.2, 0.25) is 5.91 Å². The third-order valence-electron chi connectivity index (χ3n) is 1.24. The van der Waals surface area contributed by atoms with Gasteiger partial charge in [-0.15, -0.1) is 0 Å². The highest BCUT2D eigenvalue weighted by Crippen LogP contribution is 1.90. The van der Waals surface area contributed by atoms with E-state index in [2.05, 4.69) is 17.9 Å². The molecule has 4 heteroatoms. The predicted octanol–water partition coefficient (Wildman–Crippen LogP) is 1.25. The van der Waals surface area contributed by atoms with Crippen LogP contribution in [0.1, 0.15) is 22.2 Å². The van der Waals surface area contributed by atoms with Crippen LogP contribution in [0.4, 0.5) is 0 Å². The van der Waals surface area contributed by atoms with Gasteiger partial charge in [0.15, 0.2) is 0 Å². The molecule has 0 aromatic rings. The van der Waals surface area contributed by atoms with E-state index in [0.717, 1.165) is 6.54 Å². The summed E-state index contributed by atoms with van der Waals surface area (Å²) in [5.41, 5.74) is 0. The van der Waals surface area contributed by atoms with Crippen LogP contribution in [0.25, 0.3) is 0 Å². The highest BCUT2D eigenvalue weighted by molar-refractivity contribution is 7.81. The van der Waals surface area contributed by atoms with Gasteiger partial charge in [0, 0.05) is 14.5 Å². The van der Waals surface area contributed by atoms with E-state index in [9.17, 15) is 4.79 Å².